The Balaban J connectivity index is 1.27. The highest BCUT2D eigenvalue weighted by atomic mass is 16.7. The van der Waals surface area contributed by atoms with Crippen molar-refractivity contribution in [2.45, 2.75) is 19.1 Å². The number of aromatic nitrogens is 2. The minimum absolute atomic E-state index is 0.0899. The largest absolute Gasteiger partial charge is 0.514 e. The molecule has 0 saturated carbocycles. The molecular formula is C23H23N5O6. The maximum absolute atomic E-state index is 12.1. The molecule has 3 aromatic rings. The fourth-order valence-electron chi connectivity index (χ4n) is 3.43. The molecule has 1 saturated heterocycles. The van der Waals surface area contributed by atoms with Gasteiger partial charge < -0.3 is 24.4 Å². The van der Waals surface area contributed by atoms with Crippen LogP contribution in [0.15, 0.2) is 60.8 Å². The van der Waals surface area contributed by atoms with Crippen LogP contribution in [0.4, 0.5) is 22.2 Å². The van der Waals surface area contributed by atoms with E-state index in [0.717, 1.165) is 11.3 Å². The third-order valence-corrected chi connectivity index (χ3v) is 5.22. The molecule has 1 atom stereocenters. The van der Waals surface area contributed by atoms with Crippen LogP contribution < -0.4 is 19.7 Å². The summed E-state index contributed by atoms with van der Waals surface area (Å²) in [6.07, 6.45) is 1.03. The molecule has 0 amide bonds. The van der Waals surface area contributed by atoms with Gasteiger partial charge in [0.25, 0.3) is 5.69 Å². The van der Waals surface area contributed by atoms with Crippen molar-refractivity contribution in [3.63, 3.8) is 0 Å². The van der Waals surface area contributed by atoms with Gasteiger partial charge in [-0.15, -0.1) is 0 Å². The number of rotatable bonds is 8. The summed E-state index contributed by atoms with van der Waals surface area (Å²) in [6.45, 7) is 1.65. The summed E-state index contributed by atoms with van der Waals surface area (Å²) in [4.78, 5) is 33.1. The number of nitrogens with one attached hydrogen (secondary N) is 1. The highest BCUT2D eigenvalue weighted by molar-refractivity contribution is 5.64. The van der Waals surface area contributed by atoms with Gasteiger partial charge in [-0.1, -0.05) is 12.1 Å². The van der Waals surface area contributed by atoms with Crippen molar-refractivity contribution >= 4 is 23.6 Å². The van der Waals surface area contributed by atoms with Crippen LogP contribution in [0.3, 0.4) is 0 Å². The molecule has 1 aliphatic heterocycles. The lowest BCUT2D eigenvalue weighted by atomic mass is 10.2. The van der Waals surface area contributed by atoms with E-state index in [0.29, 0.717) is 37.8 Å². The summed E-state index contributed by atoms with van der Waals surface area (Å²) in [7, 11) is 1.63. The van der Waals surface area contributed by atoms with Gasteiger partial charge in [0.05, 0.1) is 18.6 Å². The first-order valence-electron chi connectivity index (χ1n) is 10.6. The topological polar surface area (TPSA) is 129 Å². The number of ether oxygens (including phenoxy) is 3. The number of nitrogens with zero attached hydrogens (tertiary/aromatic N) is 4. The summed E-state index contributed by atoms with van der Waals surface area (Å²) in [5.41, 5.74) is 0.995. The molecule has 2 heterocycles. The van der Waals surface area contributed by atoms with Crippen molar-refractivity contribution in [3.05, 3.63) is 76.5 Å². The number of anilines is 2. The molecule has 2 aromatic carbocycles. The van der Waals surface area contributed by atoms with Gasteiger partial charge in [0.1, 0.15) is 23.4 Å². The quantitative estimate of drug-likeness (QED) is 0.227. The fourth-order valence-corrected chi connectivity index (χ4v) is 3.43. The molecule has 4 rings (SSSR count). The number of benzene rings is 2. The number of non-ortho nitro benzene ring substituents is 1. The minimum atomic E-state index is -0.864. The highest BCUT2D eigenvalue weighted by Gasteiger charge is 2.28. The molecule has 0 spiro atoms. The van der Waals surface area contributed by atoms with E-state index in [1.165, 1.54) is 24.3 Å². The Kier molecular flexibility index (Phi) is 7.01. The van der Waals surface area contributed by atoms with Crippen molar-refractivity contribution in [2.24, 2.45) is 0 Å². The first-order valence-corrected chi connectivity index (χ1v) is 10.6. The van der Waals surface area contributed by atoms with Crippen LogP contribution in [0.25, 0.3) is 0 Å². The summed E-state index contributed by atoms with van der Waals surface area (Å²) in [5.74, 6) is 2.19. The fraction of sp³-hybridized carbons (Fsp3) is 0.261. The second-order valence-corrected chi connectivity index (χ2v) is 7.52. The van der Waals surface area contributed by atoms with Crippen molar-refractivity contribution in [2.75, 3.05) is 30.4 Å². The average molecular weight is 465 g/mol. The summed E-state index contributed by atoms with van der Waals surface area (Å²) in [6, 6.07) is 14.8. The van der Waals surface area contributed by atoms with E-state index in [4.69, 9.17) is 14.2 Å². The summed E-state index contributed by atoms with van der Waals surface area (Å²) >= 11 is 0. The Bertz CT molecular complexity index is 1140. The second-order valence-electron chi connectivity index (χ2n) is 7.52. The molecule has 1 aliphatic rings. The SMILES string of the molecule is COc1ccc(CNc2ccnc(N3CC[C@@H](OC(=O)Oc4ccc([N+](=O)[O-])cc4)C3)n2)cc1. The smallest absolute Gasteiger partial charge is 0.497 e. The monoisotopic (exact) mass is 465 g/mol. The normalized spacial score (nSPS) is 15.0. The molecule has 1 aromatic heterocycles. The lowest BCUT2D eigenvalue weighted by molar-refractivity contribution is -0.384. The molecule has 0 aliphatic carbocycles. The standard InChI is InChI=1S/C23H23N5O6/c1-32-18-6-2-16(3-7-18)14-25-21-10-12-24-22(26-21)27-13-11-20(15-27)34-23(29)33-19-8-4-17(5-9-19)28(30)31/h2-10,12,20H,11,13-15H2,1H3,(H,24,25,26)/t20-/m1/s1. The van der Waals surface area contributed by atoms with Crippen molar-refractivity contribution in [3.8, 4) is 11.5 Å². The molecule has 0 unspecified atom stereocenters. The minimum Gasteiger partial charge on any atom is -0.497 e. The highest BCUT2D eigenvalue weighted by Crippen LogP contribution is 2.22. The number of hydrogen-bond donors (Lipinski definition) is 1. The Morgan fingerprint density at radius 2 is 1.88 bits per heavy atom. The average Bonchev–Trinajstić information content (AvgIpc) is 3.32. The zero-order chi connectivity index (χ0) is 23.9. The molecule has 1 N–H and O–H groups in total. The Hall–Kier alpha value is -4.41. The van der Waals surface area contributed by atoms with Crippen LogP contribution in [0.1, 0.15) is 12.0 Å². The molecule has 11 nitrogen and oxygen atoms in total. The van der Waals surface area contributed by atoms with E-state index in [1.807, 2.05) is 29.2 Å². The third-order valence-electron chi connectivity index (χ3n) is 5.22. The van der Waals surface area contributed by atoms with E-state index >= 15 is 0 Å². The van der Waals surface area contributed by atoms with Crippen molar-refractivity contribution in [1.82, 2.24) is 9.97 Å². The van der Waals surface area contributed by atoms with Crippen LogP contribution in [0.2, 0.25) is 0 Å². The van der Waals surface area contributed by atoms with E-state index in [-0.39, 0.29) is 17.5 Å². The third kappa shape index (κ3) is 5.88. The summed E-state index contributed by atoms with van der Waals surface area (Å²) in [5, 5.41) is 14.0. The molecular weight excluding hydrogens is 442 g/mol. The first-order chi connectivity index (χ1) is 16.5. The molecule has 11 heteroatoms. The zero-order valence-electron chi connectivity index (χ0n) is 18.4. The molecule has 1 fully saturated rings. The number of nitro groups is 1. The van der Waals surface area contributed by atoms with Gasteiger partial charge in [0.15, 0.2) is 0 Å². The van der Waals surface area contributed by atoms with E-state index < -0.39 is 11.1 Å². The van der Waals surface area contributed by atoms with Crippen LogP contribution in [0, 0.1) is 10.1 Å². The van der Waals surface area contributed by atoms with Gasteiger partial charge in [-0.3, -0.25) is 10.1 Å². The molecule has 34 heavy (non-hydrogen) atoms. The van der Waals surface area contributed by atoms with E-state index in [9.17, 15) is 14.9 Å². The van der Waals surface area contributed by atoms with E-state index in [1.54, 1.807) is 19.4 Å². The maximum atomic E-state index is 12.1. The number of methoxy groups -OCH3 is 1. The van der Waals surface area contributed by atoms with Crippen LogP contribution in [0.5, 0.6) is 11.5 Å². The van der Waals surface area contributed by atoms with Gasteiger partial charge in [-0.2, -0.15) is 4.98 Å². The Labute approximate surface area is 195 Å². The number of carbonyl (C=O) groups excluding carboxylic acids is 1. The van der Waals surface area contributed by atoms with Gasteiger partial charge >= 0.3 is 6.16 Å². The molecule has 0 radical (unpaired) electrons. The predicted octanol–water partition coefficient (Wildman–Crippen LogP) is 3.80. The summed E-state index contributed by atoms with van der Waals surface area (Å²) < 4.78 is 15.7. The van der Waals surface area contributed by atoms with Crippen LogP contribution in [-0.2, 0) is 11.3 Å². The van der Waals surface area contributed by atoms with Crippen LogP contribution >= 0.6 is 0 Å². The zero-order valence-corrected chi connectivity index (χ0v) is 18.4. The lowest BCUT2D eigenvalue weighted by Gasteiger charge is -2.17. The number of hydrogen-bond acceptors (Lipinski definition) is 10. The number of nitro benzene ring substituents is 1. The predicted molar refractivity (Wildman–Crippen MR) is 123 cm³/mol. The van der Waals surface area contributed by atoms with Gasteiger partial charge in [-0.05, 0) is 35.9 Å². The second kappa shape index (κ2) is 10.5. The Morgan fingerprint density at radius 1 is 1.15 bits per heavy atom. The maximum Gasteiger partial charge on any atom is 0.514 e. The van der Waals surface area contributed by atoms with E-state index in [2.05, 4.69) is 15.3 Å². The van der Waals surface area contributed by atoms with Gasteiger partial charge in [-0.25, -0.2) is 9.78 Å². The molecule has 0 bridgehead atoms. The van der Waals surface area contributed by atoms with Crippen molar-refractivity contribution in [1.29, 1.82) is 0 Å². The van der Waals surface area contributed by atoms with Crippen molar-refractivity contribution < 1.29 is 23.9 Å². The number of carbonyl (C=O) groups is 1. The van der Waals surface area contributed by atoms with Gasteiger partial charge in [0, 0.05) is 37.8 Å². The van der Waals surface area contributed by atoms with Gasteiger partial charge in [0.2, 0.25) is 5.95 Å². The molecule has 176 valence electrons. The lowest BCUT2D eigenvalue weighted by Crippen LogP contribution is -2.27. The van der Waals surface area contributed by atoms with Crippen LogP contribution in [-0.4, -0.2) is 47.3 Å². The Morgan fingerprint density at radius 3 is 2.59 bits per heavy atom. The first kappa shape index (κ1) is 22.8.